The molecule has 2 aromatic rings. The molecule has 1 aromatic carbocycles. The Bertz CT molecular complexity index is 515. The number of benzene rings is 1. The van der Waals surface area contributed by atoms with Crippen LogP contribution in [0.1, 0.15) is 18.1 Å². The molecule has 3 nitrogen and oxygen atoms in total. The molecule has 4 heteroatoms. The molecular formula is C14H15FN2O. The van der Waals surface area contributed by atoms with Crippen molar-refractivity contribution in [2.24, 2.45) is 5.73 Å². The molecule has 0 aliphatic rings. The highest BCUT2D eigenvalue weighted by molar-refractivity contribution is 5.59. The second-order valence-corrected chi connectivity index (χ2v) is 4.36. The van der Waals surface area contributed by atoms with Crippen molar-refractivity contribution >= 4 is 0 Å². The van der Waals surface area contributed by atoms with E-state index in [1.165, 1.54) is 13.1 Å². The van der Waals surface area contributed by atoms with E-state index in [1.54, 1.807) is 12.1 Å². The molecule has 0 aliphatic carbocycles. The lowest BCUT2D eigenvalue weighted by atomic mass is 10.1. The average molecular weight is 246 g/mol. The Kier molecular flexibility index (Phi) is 3.41. The first-order valence-corrected chi connectivity index (χ1v) is 5.65. The van der Waals surface area contributed by atoms with Crippen LogP contribution < -0.4 is 5.73 Å². The standard InChI is InChI=1S/C14H15FN2O/c1-14(15,16)12-6-7-13(17-8-12)11-4-2-10(9-18)3-5-11/h2-8,18H,9,16H2,1H3. The zero-order valence-corrected chi connectivity index (χ0v) is 10.1. The smallest absolute Gasteiger partial charge is 0.183 e. The van der Waals surface area contributed by atoms with E-state index in [0.717, 1.165) is 16.8 Å². The van der Waals surface area contributed by atoms with Crippen molar-refractivity contribution in [3.63, 3.8) is 0 Å². The monoisotopic (exact) mass is 246 g/mol. The van der Waals surface area contributed by atoms with Gasteiger partial charge >= 0.3 is 0 Å². The van der Waals surface area contributed by atoms with E-state index in [1.807, 2.05) is 24.3 Å². The molecule has 1 heterocycles. The summed E-state index contributed by atoms with van der Waals surface area (Å²) in [6.07, 6.45) is 1.44. The number of aliphatic hydroxyl groups is 1. The van der Waals surface area contributed by atoms with Crippen LogP contribution in [0.5, 0.6) is 0 Å². The van der Waals surface area contributed by atoms with Crippen LogP contribution in [-0.4, -0.2) is 10.1 Å². The molecule has 0 saturated carbocycles. The summed E-state index contributed by atoms with van der Waals surface area (Å²) in [5, 5.41) is 8.95. The van der Waals surface area contributed by atoms with Gasteiger partial charge in [-0.2, -0.15) is 0 Å². The number of nitrogens with zero attached hydrogens (tertiary/aromatic N) is 1. The normalized spacial score (nSPS) is 14.2. The van der Waals surface area contributed by atoms with E-state index in [9.17, 15) is 4.39 Å². The first-order chi connectivity index (χ1) is 8.50. The first kappa shape index (κ1) is 12.7. The van der Waals surface area contributed by atoms with Crippen molar-refractivity contribution < 1.29 is 9.50 Å². The first-order valence-electron chi connectivity index (χ1n) is 5.65. The minimum Gasteiger partial charge on any atom is -0.392 e. The molecule has 18 heavy (non-hydrogen) atoms. The van der Waals surface area contributed by atoms with Crippen LogP contribution in [0.15, 0.2) is 42.6 Å². The van der Waals surface area contributed by atoms with E-state index < -0.39 is 5.79 Å². The van der Waals surface area contributed by atoms with Crippen LogP contribution in [0, 0.1) is 0 Å². The summed E-state index contributed by atoms with van der Waals surface area (Å²) >= 11 is 0. The van der Waals surface area contributed by atoms with Crippen LogP contribution in [0.25, 0.3) is 11.3 Å². The number of hydrogen-bond acceptors (Lipinski definition) is 3. The van der Waals surface area contributed by atoms with E-state index >= 15 is 0 Å². The summed E-state index contributed by atoms with van der Waals surface area (Å²) in [6.45, 7) is 1.31. The molecule has 3 N–H and O–H groups in total. The zero-order chi connectivity index (χ0) is 13.2. The molecule has 2 rings (SSSR count). The van der Waals surface area contributed by atoms with E-state index in [0.29, 0.717) is 5.56 Å². The third kappa shape index (κ3) is 2.72. The number of nitrogens with two attached hydrogens (primary N) is 1. The van der Waals surface area contributed by atoms with E-state index in [-0.39, 0.29) is 6.61 Å². The van der Waals surface area contributed by atoms with Gasteiger partial charge in [-0.05, 0) is 18.6 Å². The molecular weight excluding hydrogens is 231 g/mol. The van der Waals surface area contributed by atoms with Gasteiger partial charge in [0.1, 0.15) is 0 Å². The molecule has 0 saturated heterocycles. The number of pyridine rings is 1. The molecule has 0 aliphatic heterocycles. The van der Waals surface area contributed by atoms with Crippen molar-refractivity contribution in [3.8, 4) is 11.3 Å². The number of aliphatic hydroxyl groups excluding tert-OH is 1. The highest BCUT2D eigenvalue weighted by Crippen LogP contribution is 2.22. The number of halogens is 1. The molecule has 0 bridgehead atoms. The molecule has 0 radical (unpaired) electrons. The van der Waals surface area contributed by atoms with Gasteiger partial charge in [0.15, 0.2) is 5.79 Å². The van der Waals surface area contributed by atoms with Crippen LogP contribution >= 0.6 is 0 Å². The van der Waals surface area contributed by atoms with E-state index in [4.69, 9.17) is 10.8 Å². The summed E-state index contributed by atoms with van der Waals surface area (Å²) in [7, 11) is 0. The van der Waals surface area contributed by atoms with Crippen molar-refractivity contribution in [1.82, 2.24) is 4.98 Å². The molecule has 1 unspecified atom stereocenters. The Morgan fingerprint density at radius 3 is 2.33 bits per heavy atom. The fourth-order valence-electron chi connectivity index (χ4n) is 1.63. The zero-order valence-electron chi connectivity index (χ0n) is 10.1. The Labute approximate surface area is 105 Å². The van der Waals surface area contributed by atoms with Gasteiger partial charge in [-0.15, -0.1) is 0 Å². The summed E-state index contributed by atoms with van der Waals surface area (Å²) < 4.78 is 13.5. The number of alkyl halides is 1. The minimum atomic E-state index is -1.87. The van der Waals surface area contributed by atoms with Crippen molar-refractivity contribution in [2.45, 2.75) is 19.3 Å². The Morgan fingerprint density at radius 2 is 1.89 bits per heavy atom. The van der Waals surface area contributed by atoms with Gasteiger partial charge in [0.05, 0.1) is 12.3 Å². The topological polar surface area (TPSA) is 59.1 Å². The van der Waals surface area contributed by atoms with Gasteiger partial charge in [0.25, 0.3) is 0 Å². The average Bonchev–Trinajstić information content (AvgIpc) is 2.38. The maximum Gasteiger partial charge on any atom is 0.183 e. The SMILES string of the molecule is CC(N)(F)c1ccc(-c2ccc(CO)cc2)nc1. The lowest BCUT2D eigenvalue weighted by molar-refractivity contribution is 0.202. The van der Waals surface area contributed by atoms with Gasteiger partial charge in [0.2, 0.25) is 0 Å². The fraction of sp³-hybridized carbons (Fsp3) is 0.214. The van der Waals surface area contributed by atoms with Gasteiger partial charge < -0.3 is 5.11 Å². The maximum atomic E-state index is 13.5. The third-order valence-electron chi connectivity index (χ3n) is 2.76. The summed E-state index contributed by atoms with van der Waals surface area (Å²) in [5.74, 6) is -1.87. The number of aromatic nitrogens is 1. The van der Waals surface area contributed by atoms with Crippen LogP contribution in [0.2, 0.25) is 0 Å². The summed E-state index contributed by atoms with van der Waals surface area (Å²) in [6, 6.07) is 10.7. The molecule has 94 valence electrons. The van der Waals surface area contributed by atoms with Gasteiger partial charge in [-0.1, -0.05) is 30.3 Å². The highest BCUT2D eigenvalue weighted by atomic mass is 19.1. The maximum absolute atomic E-state index is 13.5. The van der Waals surface area contributed by atoms with Gasteiger partial charge in [-0.25, -0.2) is 4.39 Å². The largest absolute Gasteiger partial charge is 0.392 e. The Balaban J connectivity index is 2.28. The van der Waals surface area contributed by atoms with Crippen LogP contribution in [-0.2, 0) is 12.4 Å². The molecule has 0 amide bonds. The molecule has 1 atom stereocenters. The molecule has 0 spiro atoms. The predicted octanol–water partition coefficient (Wildman–Crippen LogP) is 2.34. The van der Waals surface area contributed by atoms with Crippen molar-refractivity contribution in [3.05, 3.63) is 53.7 Å². The highest BCUT2D eigenvalue weighted by Gasteiger charge is 2.19. The molecule has 1 aromatic heterocycles. The lowest BCUT2D eigenvalue weighted by Gasteiger charge is -2.14. The lowest BCUT2D eigenvalue weighted by Crippen LogP contribution is -2.26. The third-order valence-corrected chi connectivity index (χ3v) is 2.76. The number of rotatable bonds is 3. The summed E-state index contributed by atoms with van der Waals surface area (Å²) in [5.41, 5.74) is 8.19. The van der Waals surface area contributed by atoms with Gasteiger partial charge in [-0.3, -0.25) is 10.7 Å². The van der Waals surface area contributed by atoms with Crippen LogP contribution in [0.4, 0.5) is 4.39 Å². The quantitative estimate of drug-likeness (QED) is 0.817. The summed E-state index contributed by atoms with van der Waals surface area (Å²) in [4.78, 5) is 4.19. The van der Waals surface area contributed by atoms with E-state index in [2.05, 4.69) is 4.98 Å². The second kappa shape index (κ2) is 4.84. The second-order valence-electron chi connectivity index (χ2n) is 4.36. The van der Waals surface area contributed by atoms with Crippen molar-refractivity contribution in [1.29, 1.82) is 0 Å². The van der Waals surface area contributed by atoms with Crippen molar-refractivity contribution in [2.75, 3.05) is 0 Å². The fourth-order valence-corrected chi connectivity index (χ4v) is 1.63. The molecule has 0 fully saturated rings. The van der Waals surface area contributed by atoms with Gasteiger partial charge in [0, 0.05) is 17.3 Å². The Hall–Kier alpha value is -1.78. The Morgan fingerprint density at radius 1 is 1.22 bits per heavy atom. The van der Waals surface area contributed by atoms with Crippen LogP contribution in [0.3, 0.4) is 0 Å². The predicted molar refractivity (Wildman–Crippen MR) is 68.2 cm³/mol. The number of hydrogen-bond donors (Lipinski definition) is 2. The minimum absolute atomic E-state index is 0.0139.